The fourth-order valence-corrected chi connectivity index (χ4v) is 7.60. The maximum absolute atomic E-state index is 14.6. The van der Waals surface area contributed by atoms with Gasteiger partial charge in [0.15, 0.2) is 17.3 Å². The van der Waals surface area contributed by atoms with E-state index in [0.29, 0.717) is 32.3 Å². The number of anilines is 1. The Morgan fingerprint density at radius 1 is 0.949 bits per heavy atom. The summed E-state index contributed by atoms with van der Waals surface area (Å²) in [5.41, 5.74) is 1.56. The fourth-order valence-electron chi connectivity index (χ4n) is 6.72. The highest BCUT2D eigenvalue weighted by molar-refractivity contribution is 7.12. The van der Waals surface area contributed by atoms with Gasteiger partial charge in [0.25, 0.3) is 0 Å². The molecule has 1 aromatic heterocycles. The third-order valence-corrected chi connectivity index (χ3v) is 9.37. The van der Waals surface area contributed by atoms with Crippen LogP contribution in [-0.4, -0.2) is 36.5 Å². The van der Waals surface area contributed by atoms with Crippen molar-refractivity contribution in [3.63, 3.8) is 0 Å². The predicted octanol–water partition coefficient (Wildman–Crippen LogP) is 6.73. The van der Waals surface area contributed by atoms with E-state index < -0.39 is 23.4 Å². The summed E-state index contributed by atoms with van der Waals surface area (Å²) in [6.45, 7) is 0. The van der Waals surface area contributed by atoms with Crippen LogP contribution in [0.2, 0.25) is 5.02 Å². The van der Waals surface area contributed by atoms with Crippen LogP contribution in [0.3, 0.4) is 0 Å². The number of halogens is 1. The number of thiophene rings is 1. The SMILES string of the molecule is COc1cccc([C@@H]2[C@@H](C(=O)c3cccs3)N3c4ccc(Cl)cc4C=C[C@H]3C23C(=O)c2ccccc2C3=O)c1. The maximum atomic E-state index is 14.6. The highest BCUT2D eigenvalue weighted by Gasteiger charge is 2.71. The summed E-state index contributed by atoms with van der Waals surface area (Å²) in [4.78, 5) is 46.2. The summed E-state index contributed by atoms with van der Waals surface area (Å²) in [7, 11) is 1.57. The minimum Gasteiger partial charge on any atom is -0.497 e. The van der Waals surface area contributed by atoms with Crippen LogP contribution in [0.5, 0.6) is 5.75 Å². The molecule has 1 saturated heterocycles. The minimum absolute atomic E-state index is 0.132. The molecule has 1 aliphatic carbocycles. The molecule has 0 radical (unpaired) electrons. The maximum Gasteiger partial charge on any atom is 0.195 e. The molecule has 0 saturated carbocycles. The van der Waals surface area contributed by atoms with Crippen LogP contribution in [0.25, 0.3) is 6.08 Å². The van der Waals surface area contributed by atoms with Crippen molar-refractivity contribution in [2.24, 2.45) is 5.41 Å². The Labute approximate surface area is 234 Å². The van der Waals surface area contributed by atoms with Gasteiger partial charge in [-0.1, -0.05) is 66.2 Å². The van der Waals surface area contributed by atoms with Crippen molar-refractivity contribution in [2.75, 3.05) is 12.0 Å². The Bertz CT molecular complexity index is 1670. The van der Waals surface area contributed by atoms with Crippen LogP contribution in [-0.2, 0) is 0 Å². The van der Waals surface area contributed by atoms with Gasteiger partial charge in [-0.15, -0.1) is 11.3 Å². The number of methoxy groups -OCH3 is 1. The second-order valence-corrected chi connectivity index (χ2v) is 11.4. The molecule has 7 heteroatoms. The highest BCUT2D eigenvalue weighted by Crippen LogP contribution is 2.61. The average molecular weight is 552 g/mol. The van der Waals surface area contributed by atoms with E-state index in [-0.39, 0.29) is 17.3 Å². The number of carbonyl (C=O) groups excluding carboxylic acids is 3. The average Bonchev–Trinajstić information content (AvgIpc) is 3.66. The van der Waals surface area contributed by atoms with Gasteiger partial charge in [-0.25, -0.2) is 0 Å². The molecular weight excluding hydrogens is 530 g/mol. The van der Waals surface area contributed by atoms with E-state index in [9.17, 15) is 14.4 Å². The van der Waals surface area contributed by atoms with Crippen LogP contribution < -0.4 is 9.64 Å². The number of benzene rings is 3. The van der Waals surface area contributed by atoms with Gasteiger partial charge >= 0.3 is 0 Å². The number of fused-ring (bicyclic) bond motifs is 5. The summed E-state index contributed by atoms with van der Waals surface area (Å²) in [5.74, 6) is -0.824. The molecule has 3 aromatic carbocycles. The standard InChI is InChI=1S/C32H22ClNO4S/c1-38-21-7-4-6-19(17-21)27-28(29(35)25-10-5-15-39-25)34-24-13-12-20(33)16-18(24)11-14-26(34)32(27)30(36)22-8-2-3-9-23(22)31(32)37/h2-17,26-28H,1H3/t26-,27+,28-/m0/s1. The molecule has 5 nitrogen and oxygen atoms in total. The topological polar surface area (TPSA) is 63.7 Å². The zero-order valence-electron chi connectivity index (χ0n) is 20.8. The first-order valence-electron chi connectivity index (χ1n) is 12.6. The molecule has 0 bridgehead atoms. The van der Waals surface area contributed by atoms with Gasteiger partial charge in [0.2, 0.25) is 0 Å². The van der Waals surface area contributed by atoms with Crippen molar-refractivity contribution in [1.29, 1.82) is 0 Å². The lowest BCUT2D eigenvalue weighted by Gasteiger charge is -2.37. The van der Waals surface area contributed by atoms with Gasteiger partial charge in [0, 0.05) is 27.8 Å². The summed E-state index contributed by atoms with van der Waals surface area (Å²) in [6, 6.07) is 22.0. The van der Waals surface area contributed by atoms with E-state index in [1.807, 2.05) is 64.9 Å². The van der Waals surface area contributed by atoms with Crippen LogP contribution in [0.1, 0.15) is 47.4 Å². The summed E-state index contributed by atoms with van der Waals surface area (Å²) in [5, 5.41) is 2.43. The highest BCUT2D eigenvalue weighted by atomic mass is 35.5. The first kappa shape index (κ1) is 24.1. The molecule has 3 heterocycles. The molecule has 1 fully saturated rings. The van der Waals surface area contributed by atoms with Crippen molar-refractivity contribution in [2.45, 2.75) is 18.0 Å². The van der Waals surface area contributed by atoms with Gasteiger partial charge in [-0.05, 0) is 52.9 Å². The van der Waals surface area contributed by atoms with E-state index in [1.165, 1.54) is 11.3 Å². The zero-order chi connectivity index (χ0) is 26.9. The largest absolute Gasteiger partial charge is 0.497 e. The molecule has 2 aliphatic heterocycles. The molecule has 1 spiro atoms. The van der Waals surface area contributed by atoms with E-state index >= 15 is 0 Å². The smallest absolute Gasteiger partial charge is 0.195 e. The molecule has 192 valence electrons. The number of nitrogens with zero attached hydrogens (tertiary/aromatic N) is 1. The van der Waals surface area contributed by atoms with Crippen LogP contribution in [0, 0.1) is 5.41 Å². The monoisotopic (exact) mass is 551 g/mol. The Hall–Kier alpha value is -4.00. The molecule has 4 aromatic rings. The predicted molar refractivity (Wildman–Crippen MR) is 152 cm³/mol. The van der Waals surface area contributed by atoms with E-state index in [1.54, 1.807) is 43.5 Å². The Kier molecular flexibility index (Phi) is 5.41. The molecule has 0 unspecified atom stereocenters. The molecule has 7 rings (SSSR count). The van der Waals surface area contributed by atoms with E-state index in [4.69, 9.17) is 16.3 Å². The van der Waals surface area contributed by atoms with Crippen LogP contribution >= 0.6 is 22.9 Å². The molecule has 3 aliphatic rings. The fraction of sp³-hybridized carbons (Fsp3) is 0.156. The van der Waals surface area contributed by atoms with Crippen molar-refractivity contribution < 1.29 is 19.1 Å². The quantitative estimate of drug-likeness (QED) is 0.208. The van der Waals surface area contributed by atoms with Crippen LogP contribution in [0.4, 0.5) is 5.69 Å². The summed E-state index contributed by atoms with van der Waals surface area (Å²) < 4.78 is 5.54. The molecule has 3 atom stereocenters. The van der Waals surface area contributed by atoms with Gasteiger partial charge < -0.3 is 9.64 Å². The first-order valence-corrected chi connectivity index (χ1v) is 13.9. The van der Waals surface area contributed by atoms with Gasteiger partial charge in [-0.2, -0.15) is 0 Å². The summed E-state index contributed by atoms with van der Waals surface area (Å²) in [6.07, 6.45) is 3.81. The number of ketones is 3. The number of carbonyl (C=O) groups is 3. The van der Waals surface area contributed by atoms with Crippen molar-refractivity contribution >= 4 is 52.1 Å². The van der Waals surface area contributed by atoms with Crippen molar-refractivity contribution in [3.05, 3.63) is 122 Å². The number of hydrogen-bond acceptors (Lipinski definition) is 6. The third-order valence-electron chi connectivity index (χ3n) is 8.25. The molecule has 0 amide bonds. The van der Waals surface area contributed by atoms with E-state index in [0.717, 1.165) is 11.3 Å². The zero-order valence-corrected chi connectivity index (χ0v) is 22.4. The third kappa shape index (κ3) is 3.22. The second kappa shape index (κ2) is 8.76. The number of rotatable bonds is 4. The molecule has 0 N–H and O–H groups in total. The first-order chi connectivity index (χ1) is 19.0. The number of hydrogen-bond donors (Lipinski definition) is 0. The van der Waals surface area contributed by atoms with Gasteiger partial charge in [0.1, 0.15) is 17.2 Å². The molecular formula is C32H22ClNO4S. The molecule has 39 heavy (non-hydrogen) atoms. The normalized spacial score (nSPS) is 22.1. The lowest BCUT2D eigenvalue weighted by Crippen LogP contribution is -2.48. The lowest BCUT2D eigenvalue weighted by molar-refractivity contribution is 0.0666. The van der Waals surface area contributed by atoms with Gasteiger partial charge in [-0.3, -0.25) is 14.4 Å². The Morgan fingerprint density at radius 2 is 1.72 bits per heavy atom. The minimum atomic E-state index is -1.54. The van der Waals surface area contributed by atoms with Crippen molar-refractivity contribution in [3.8, 4) is 5.75 Å². The second-order valence-electron chi connectivity index (χ2n) is 10.0. The van der Waals surface area contributed by atoms with Gasteiger partial charge in [0.05, 0.1) is 18.0 Å². The lowest BCUT2D eigenvalue weighted by atomic mass is 9.64. The van der Waals surface area contributed by atoms with E-state index in [2.05, 4.69) is 0 Å². The Balaban J connectivity index is 1.56. The van der Waals surface area contributed by atoms with Crippen LogP contribution in [0.15, 0.2) is 90.3 Å². The van der Waals surface area contributed by atoms with Crippen molar-refractivity contribution in [1.82, 2.24) is 0 Å². The summed E-state index contributed by atoms with van der Waals surface area (Å²) >= 11 is 7.70. The number of ether oxygens (including phenoxy) is 1. The number of Topliss-reactive ketones (excluding diaryl/α,β-unsaturated/α-hetero) is 3. The Morgan fingerprint density at radius 3 is 2.41 bits per heavy atom.